The molecule has 0 spiro atoms. The third-order valence-electron chi connectivity index (χ3n) is 5.26. The molecule has 0 bridgehead atoms. The fourth-order valence-corrected chi connectivity index (χ4v) is 3.88. The lowest BCUT2D eigenvalue weighted by Crippen LogP contribution is -2.37. The zero-order chi connectivity index (χ0) is 21.3. The summed E-state index contributed by atoms with van der Waals surface area (Å²) in [5.74, 6) is -0.0157. The molecule has 1 heterocycles. The Labute approximate surface area is 180 Å². The Balaban J connectivity index is 1.71. The molecular weight excluding hydrogens is 400 g/mol. The van der Waals surface area contributed by atoms with Gasteiger partial charge >= 0.3 is 0 Å². The molecular formula is C24H21ClN2O3. The monoisotopic (exact) mass is 420 g/mol. The second-order valence-electron chi connectivity index (χ2n) is 7.19. The summed E-state index contributed by atoms with van der Waals surface area (Å²) in [6.45, 7) is 2.23. The number of methoxy groups -OCH3 is 1. The van der Waals surface area contributed by atoms with Gasteiger partial charge in [0, 0.05) is 23.2 Å². The molecule has 30 heavy (non-hydrogen) atoms. The first-order valence-corrected chi connectivity index (χ1v) is 9.96. The molecule has 0 saturated carbocycles. The van der Waals surface area contributed by atoms with Gasteiger partial charge in [-0.15, -0.1) is 0 Å². The number of hydrogen-bond acceptors (Lipinski definition) is 3. The highest BCUT2D eigenvalue weighted by Gasteiger charge is 2.37. The topological polar surface area (TPSA) is 58.6 Å². The Morgan fingerprint density at radius 3 is 2.50 bits per heavy atom. The molecule has 1 aliphatic rings. The van der Waals surface area contributed by atoms with E-state index >= 15 is 0 Å². The standard InChI is InChI=1S/C24H21ClN2O3/c1-15-12-20(21(30-2)13-19(15)25)26-23(28)22(16-8-4-3-5-9-16)27-14-17-10-6-7-11-18(17)24(27)29/h3-13,22H,14H2,1-2H3,(H,26,28). The maximum Gasteiger partial charge on any atom is 0.255 e. The average molecular weight is 421 g/mol. The van der Waals surface area contributed by atoms with Gasteiger partial charge in [-0.05, 0) is 35.7 Å². The second-order valence-corrected chi connectivity index (χ2v) is 7.60. The van der Waals surface area contributed by atoms with Crippen LogP contribution in [0.25, 0.3) is 0 Å². The van der Waals surface area contributed by atoms with Crippen molar-refractivity contribution in [1.82, 2.24) is 4.90 Å². The van der Waals surface area contributed by atoms with E-state index in [0.29, 0.717) is 28.6 Å². The first-order chi connectivity index (χ1) is 14.5. The van der Waals surface area contributed by atoms with Crippen LogP contribution in [0.3, 0.4) is 0 Å². The van der Waals surface area contributed by atoms with Crippen LogP contribution in [0.15, 0.2) is 66.7 Å². The predicted molar refractivity (Wildman–Crippen MR) is 117 cm³/mol. The Morgan fingerprint density at radius 2 is 1.80 bits per heavy atom. The summed E-state index contributed by atoms with van der Waals surface area (Å²) in [6, 6.07) is 19.4. The number of fused-ring (bicyclic) bond motifs is 1. The van der Waals surface area contributed by atoms with E-state index in [9.17, 15) is 9.59 Å². The number of benzene rings is 3. The lowest BCUT2D eigenvalue weighted by atomic mass is 10.0. The van der Waals surface area contributed by atoms with Gasteiger partial charge in [-0.3, -0.25) is 9.59 Å². The molecule has 1 N–H and O–H groups in total. The zero-order valence-electron chi connectivity index (χ0n) is 16.7. The first kappa shape index (κ1) is 20.0. The summed E-state index contributed by atoms with van der Waals surface area (Å²) in [5, 5.41) is 3.49. The summed E-state index contributed by atoms with van der Waals surface area (Å²) >= 11 is 6.19. The lowest BCUT2D eigenvalue weighted by molar-refractivity contribution is -0.120. The van der Waals surface area contributed by atoms with Crippen molar-refractivity contribution in [2.75, 3.05) is 12.4 Å². The van der Waals surface area contributed by atoms with Crippen molar-refractivity contribution in [3.05, 3.63) is 94.0 Å². The fraction of sp³-hybridized carbons (Fsp3) is 0.167. The van der Waals surface area contributed by atoms with Crippen LogP contribution in [0.4, 0.5) is 5.69 Å². The van der Waals surface area contributed by atoms with Crippen molar-refractivity contribution in [2.24, 2.45) is 0 Å². The molecule has 6 heteroatoms. The molecule has 4 rings (SSSR count). The second kappa shape index (κ2) is 8.20. The molecule has 0 radical (unpaired) electrons. The number of ether oxygens (including phenoxy) is 1. The number of anilines is 1. The van der Waals surface area contributed by atoms with Crippen molar-refractivity contribution in [1.29, 1.82) is 0 Å². The van der Waals surface area contributed by atoms with Crippen LogP contribution in [0, 0.1) is 6.92 Å². The van der Waals surface area contributed by atoms with Crippen molar-refractivity contribution in [3.8, 4) is 5.75 Å². The highest BCUT2D eigenvalue weighted by molar-refractivity contribution is 6.31. The van der Waals surface area contributed by atoms with Crippen LogP contribution in [0.1, 0.15) is 33.1 Å². The predicted octanol–water partition coefficient (Wildman–Crippen LogP) is 4.99. The molecule has 0 aromatic heterocycles. The molecule has 0 aliphatic carbocycles. The number of hydrogen-bond donors (Lipinski definition) is 1. The molecule has 5 nitrogen and oxygen atoms in total. The van der Waals surface area contributed by atoms with Crippen molar-refractivity contribution in [2.45, 2.75) is 19.5 Å². The van der Waals surface area contributed by atoms with E-state index < -0.39 is 6.04 Å². The van der Waals surface area contributed by atoms with Crippen molar-refractivity contribution < 1.29 is 14.3 Å². The number of nitrogens with zero attached hydrogens (tertiary/aromatic N) is 1. The summed E-state index contributed by atoms with van der Waals surface area (Å²) < 4.78 is 5.39. The van der Waals surface area contributed by atoms with Crippen LogP contribution in [0.2, 0.25) is 5.02 Å². The molecule has 0 saturated heterocycles. The zero-order valence-corrected chi connectivity index (χ0v) is 17.4. The Morgan fingerprint density at radius 1 is 1.10 bits per heavy atom. The molecule has 2 amide bonds. The Hall–Kier alpha value is -3.31. The third-order valence-corrected chi connectivity index (χ3v) is 5.67. The average Bonchev–Trinajstić information content (AvgIpc) is 3.08. The number of carbonyl (C=O) groups excluding carboxylic acids is 2. The van der Waals surface area contributed by atoms with Gasteiger partial charge in [-0.1, -0.05) is 60.1 Å². The number of carbonyl (C=O) groups is 2. The summed E-state index contributed by atoms with van der Waals surface area (Å²) in [7, 11) is 1.52. The van der Waals surface area contributed by atoms with Gasteiger partial charge in [0.15, 0.2) is 0 Å². The molecule has 1 atom stereocenters. The Bertz CT molecular complexity index is 1110. The van der Waals surface area contributed by atoms with Gasteiger partial charge in [-0.2, -0.15) is 0 Å². The number of amides is 2. The minimum absolute atomic E-state index is 0.158. The van der Waals surface area contributed by atoms with Gasteiger partial charge in [-0.25, -0.2) is 0 Å². The maximum atomic E-state index is 13.5. The van der Waals surface area contributed by atoms with E-state index in [2.05, 4.69) is 5.32 Å². The lowest BCUT2D eigenvalue weighted by Gasteiger charge is -2.27. The molecule has 3 aromatic rings. The van der Waals surface area contributed by atoms with E-state index in [1.807, 2.05) is 55.5 Å². The van der Waals surface area contributed by atoms with E-state index in [-0.39, 0.29) is 11.8 Å². The van der Waals surface area contributed by atoms with Crippen LogP contribution in [0.5, 0.6) is 5.75 Å². The Kier molecular flexibility index (Phi) is 5.46. The number of aryl methyl sites for hydroxylation is 1. The molecule has 152 valence electrons. The smallest absolute Gasteiger partial charge is 0.255 e. The van der Waals surface area contributed by atoms with Crippen LogP contribution in [-0.2, 0) is 11.3 Å². The van der Waals surface area contributed by atoms with Crippen molar-refractivity contribution >= 4 is 29.1 Å². The van der Waals surface area contributed by atoms with Gasteiger partial charge in [0.25, 0.3) is 11.8 Å². The van der Waals surface area contributed by atoms with Gasteiger partial charge in [0.2, 0.25) is 0 Å². The third kappa shape index (κ3) is 3.64. The van der Waals surface area contributed by atoms with E-state index in [4.69, 9.17) is 16.3 Å². The summed E-state index contributed by atoms with van der Waals surface area (Å²) in [5.41, 5.74) is 3.60. The SMILES string of the molecule is COc1cc(Cl)c(C)cc1NC(=O)C(c1ccccc1)N1Cc2ccccc2C1=O. The largest absolute Gasteiger partial charge is 0.495 e. The number of rotatable bonds is 5. The first-order valence-electron chi connectivity index (χ1n) is 9.58. The normalized spacial score (nSPS) is 13.7. The van der Waals surface area contributed by atoms with Gasteiger partial charge < -0.3 is 15.0 Å². The fourth-order valence-electron chi connectivity index (χ4n) is 3.72. The minimum Gasteiger partial charge on any atom is -0.495 e. The highest BCUT2D eigenvalue weighted by atomic mass is 35.5. The van der Waals surface area contributed by atoms with Crippen molar-refractivity contribution in [3.63, 3.8) is 0 Å². The minimum atomic E-state index is -0.785. The summed E-state index contributed by atoms with van der Waals surface area (Å²) in [4.78, 5) is 28.2. The molecule has 0 fully saturated rings. The van der Waals surface area contributed by atoms with Crippen LogP contribution in [-0.4, -0.2) is 23.8 Å². The van der Waals surface area contributed by atoms with E-state index in [1.54, 1.807) is 23.1 Å². The van der Waals surface area contributed by atoms with Crippen LogP contribution < -0.4 is 10.1 Å². The highest BCUT2D eigenvalue weighted by Crippen LogP contribution is 2.35. The number of halogens is 1. The molecule has 1 aliphatic heterocycles. The van der Waals surface area contributed by atoms with Gasteiger partial charge in [0.05, 0.1) is 12.8 Å². The van der Waals surface area contributed by atoms with E-state index in [0.717, 1.165) is 16.7 Å². The van der Waals surface area contributed by atoms with Crippen LogP contribution >= 0.6 is 11.6 Å². The van der Waals surface area contributed by atoms with E-state index in [1.165, 1.54) is 7.11 Å². The molecule has 1 unspecified atom stereocenters. The molecule has 3 aromatic carbocycles. The quantitative estimate of drug-likeness (QED) is 0.632. The number of nitrogens with one attached hydrogen (secondary N) is 1. The van der Waals surface area contributed by atoms with Gasteiger partial charge in [0.1, 0.15) is 11.8 Å². The summed E-state index contributed by atoms with van der Waals surface area (Å²) in [6.07, 6.45) is 0. The maximum absolute atomic E-state index is 13.5.